The molecule has 7 heteroatoms. The molecule has 0 bridgehead atoms. The fourth-order valence-corrected chi connectivity index (χ4v) is 4.41. The van der Waals surface area contributed by atoms with Crippen molar-refractivity contribution in [3.8, 4) is 0 Å². The van der Waals surface area contributed by atoms with Gasteiger partial charge in [0.05, 0.1) is 12.2 Å². The zero-order valence-corrected chi connectivity index (χ0v) is 19.6. The maximum Gasteiger partial charge on any atom is 0.191 e. The second kappa shape index (κ2) is 11.4. The van der Waals surface area contributed by atoms with Gasteiger partial charge in [-0.1, -0.05) is 38.1 Å². The Balaban J connectivity index is 1.43. The first-order valence-electron chi connectivity index (χ1n) is 10.9. The van der Waals surface area contributed by atoms with E-state index >= 15 is 0 Å². The third-order valence-electron chi connectivity index (χ3n) is 5.49. The molecule has 2 aromatic rings. The molecule has 0 aliphatic carbocycles. The van der Waals surface area contributed by atoms with E-state index in [2.05, 4.69) is 81.0 Å². The van der Waals surface area contributed by atoms with E-state index in [4.69, 9.17) is 0 Å². The Morgan fingerprint density at radius 2 is 1.80 bits per heavy atom. The van der Waals surface area contributed by atoms with Crippen LogP contribution in [0.4, 0.5) is 0 Å². The molecular formula is C23H36N6S. The number of likely N-dealkylation sites (N-methyl/N-ethyl adjacent to an activating group) is 1. The van der Waals surface area contributed by atoms with E-state index in [1.54, 1.807) is 18.4 Å². The minimum absolute atomic E-state index is 0.469. The molecule has 1 aliphatic heterocycles. The van der Waals surface area contributed by atoms with Crippen LogP contribution in [-0.4, -0.2) is 61.0 Å². The van der Waals surface area contributed by atoms with E-state index in [9.17, 15) is 0 Å². The smallest absolute Gasteiger partial charge is 0.191 e. The van der Waals surface area contributed by atoms with E-state index in [0.29, 0.717) is 12.5 Å². The number of thiazole rings is 1. The lowest BCUT2D eigenvalue weighted by atomic mass is 10.1. The Morgan fingerprint density at radius 1 is 1.07 bits per heavy atom. The van der Waals surface area contributed by atoms with Gasteiger partial charge in [-0.15, -0.1) is 11.3 Å². The summed E-state index contributed by atoms with van der Waals surface area (Å²) in [6.45, 7) is 11.5. The molecule has 1 aliphatic rings. The molecule has 30 heavy (non-hydrogen) atoms. The van der Waals surface area contributed by atoms with Gasteiger partial charge in [-0.25, -0.2) is 4.98 Å². The molecule has 2 N–H and O–H groups in total. The number of guanidine groups is 1. The maximum absolute atomic E-state index is 4.67. The predicted octanol–water partition coefficient (Wildman–Crippen LogP) is 3.27. The number of nitrogens with zero attached hydrogens (tertiary/aromatic N) is 4. The average Bonchev–Trinajstić information content (AvgIpc) is 3.13. The summed E-state index contributed by atoms with van der Waals surface area (Å²) in [6, 6.07) is 8.94. The largest absolute Gasteiger partial charge is 0.352 e. The topological polar surface area (TPSA) is 55.8 Å². The van der Waals surface area contributed by atoms with Gasteiger partial charge in [-0.2, -0.15) is 0 Å². The average molecular weight is 429 g/mol. The van der Waals surface area contributed by atoms with Crippen molar-refractivity contribution in [2.45, 2.75) is 45.8 Å². The van der Waals surface area contributed by atoms with Crippen LogP contribution in [0.5, 0.6) is 0 Å². The van der Waals surface area contributed by atoms with Gasteiger partial charge in [-0.05, 0) is 43.6 Å². The van der Waals surface area contributed by atoms with Gasteiger partial charge in [0.2, 0.25) is 0 Å². The summed E-state index contributed by atoms with van der Waals surface area (Å²) in [5.41, 5.74) is 3.80. The maximum atomic E-state index is 4.67. The van der Waals surface area contributed by atoms with E-state index < -0.39 is 0 Å². The fourth-order valence-electron chi connectivity index (χ4n) is 3.52. The first kappa shape index (κ1) is 22.7. The number of benzene rings is 1. The van der Waals surface area contributed by atoms with Gasteiger partial charge in [0.25, 0.3) is 0 Å². The molecule has 1 aromatic heterocycles. The summed E-state index contributed by atoms with van der Waals surface area (Å²) < 4.78 is 0. The van der Waals surface area contributed by atoms with Gasteiger partial charge in [0.1, 0.15) is 5.01 Å². The molecule has 0 radical (unpaired) electrons. The van der Waals surface area contributed by atoms with Crippen molar-refractivity contribution in [3.05, 3.63) is 51.5 Å². The highest BCUT2D eigenvalue weighted by atomic mass is 32.1. The molecular weight excluding hydrogens is 392 g/mol. The summed E-state index contributed by atoms with van der Waals surface area (Å²) in [7, 11) is 4.02. The first-order chi connectivity index (χ1) is 14.5. The van der Waals surface area contributed by atoms with Crippen molar-refractivity contribution in [2.24, 2.45) is 4.99 Å². The van der Waals surface area contributed by atoms with Crippen LogP contribution in [0.3, 0.4) is 0 Å². The standard InChI is InChI=1S/C23H36N6S/c1-18(2)21-17-30-22(27-21)15-26-23(24-3)25-14-19-6-8-20(9-7-19)16-29-11-5-10-28(4)12-13-29/h6-9,17-18H,5,10-16H2,1-4H3,(H2,24,25,26). The molecule has 164 valence electrons. The molecule has 3 rings (SSSR count). The molecule has 0 amide bonds. The molecule has 6 nitrogen and oxygen atoms in total. The van der Waals surface area contributed by atoms with Gasteiger partial charge in [0.15, 0.2) is 5.96 Å². The number of rotatable bonds is 7. The lowest BCUT2D eigenvalue weighted by Crippen LogP contribution is -2.36. The van der Waals surface area contributed by atoms with Crippen LogP contribution < -0.4 is 10.6 Å². The highest BCUT2D eigenvalue weighted by molar-refractivity contribution is 7.09. The van der Waals surface area contributed by atoms with E-state index in [1.165, 1.54) is 30.6 Å². The molecule has 1 aromatic carbocycles. The van der Waals surface area contributed by atoms with E-state index in [0.717, 1.165) is 42.8 Å². The number of aromatic nitrogens is 1. The minimum Gasteiger partial charge on any atom is -0.352 e. The summed E-state index contributed by atoms with van der Waals surface area (Å²) in [5.74, 6) is 1.27. The van der Waals surface area contributed by atoms with E-state index in [-0.39, 0.29) is 0 Å². The van der Waals surface area contributed by atoms with Crippen LogP contribution >= 0.6 is 11.3 Å². The molecule has 1 saturated heterocycles. The fraction of sp³-hybridized carbons (Fsp3) is 0.565. The second-order valence-corrected chi connectivity index (χ2v) is 9.29. The van der Waals surface area contributed by atoms with Gasteiger partial charge in [-0.3, -0.25) is 9.89 Å². The molecule has 0 spiro atoms. The van der Waals surface area contributed by atoms with Crippen LogP contribution in [0.2, 0.25) is 0 Å². The zero-order valence-electron chi connectivity index (χ0n) is 18.8. The second-order valence-electron chi connectivity index (χ2n) is 8.35. The van der Waals surface area contributed by atoms with Crippen LogP contribution in [0.1, 0.15) is 48.0 Å². The summed E-state index contributed by atoms with van der Waals surface area (Å²) in [5, 5.41) is 9.99. The lowest BCUT2D eigenvalue weighted by molar-refractivity contribution is 0.269. The number of hydrogen-bond acceptors (Lipinski definition) is 5. The monoisotopic (exact) mass is 428 g/mol. The minimum atomic E-state index is 0.469. The Labute approximate surface area is 185 Å². The van der Waals surface area contributed by atoms with Crippen molar-refractivity contribution in [2.75, 3.05) is 40.3 Å². The van der Waals surface area contributed by atoms with Crippen LogP contribution in [0.25, 0.3) is 0 Å². The third kappa shape index (κ3) is 7.07. The molecule has 0 unspecified atom stereocenters. The Morgan fingerprint density at radius 3 is 2.50 bits per heavy atom. The van der Waals surface area contributed by atoms with Gasteiger partial charge >= 0.3 is 0 Å². The number of hydrogen-bond donors (Lipinski definition) is 2. The van der Waals surface area contributed by atoms with Gasteiger partial charge in [0, 0.05) is 38.6 Å². The highest BCUT2D eigenvalue weighted by Crippen LogP contribution is 2.17. The van der Waals surface area contributed by atoms with Crippen molar-refractivity contribution >= 4 is 17.3 Å². The van der Waals surface area contributed by atoms with Gasteiger partial charge < -0.3 is 15.5 Å². The van der Waals surface area contributed by atoms with Crippen LogP contribution in [-0.2, 0) is 19.6 Å². The summed E-state index contributed by atoms with van der Waals surface area (Å²) in [6.07, 6.45) is 1.25. The Kier molecular flexibility index (Phi) is 8.66. The SMILES string of the molecule is CN=C(NCc1ccc(CN2CCCN(C)CC2)cc1)NCc1nc(C(C)C)cs1. The van der Waals surface area contributed by atoms with Crippen molar-refractivity contribution in [1.29, 1.82) is 0 Å². The lowest BCUT2D eigenvalue weighted by Gasteiger charge is -2.20. The normalized spacial score (nSPS) is 16.6. The highest BCUT2D eigenvalue weighted by Gasteiger charge is 2.12. The number of nitrogens with one attached hydrogen (secondary N) is 2. The van der Waals surface area contributed by atoms with Crippen LogP contribution in [0.15, 0.2) is 34.6 Å². The van der Waals surface area contributed by atoms with Crippen molar-refractivity contribution in [1.82, 2.24) is 25.4 Å². The predicted molar refractivity (Wildman–Crippen MR) is 127 cm³/mol. The summed E-state index contributed by atoms with van der Waals surface area (Å²) >= 11 is 1.70. The van der Waals surface area contributed by atoms with Crippen LogP contribution in [0, 0.1) is 0 Å². The quantitative estimate of drug-likeness (QED) is 0.524. The van der Waals surface area contributed by atoms with Crippen molar-refractivity contribution < 1.29 is 0 Å². The molecule has 1 fully saturated rings. The third-order valence-corrected chi connectivity index (χ3v) is 6.36. The van der Waals surface area contributed by atoms with Crippen molar-refractivity contribution in [3.63, 3.8) is 0 Å². The molecule has 0 saturated carbocycles. The number of aliphatic imine (C=N–C) groups is 1. The summed E-state index contributed by atoms with van der Waals surface area (Å²) in [4.78, 5) is 14.0. The van der Waals surface area contributed by atoms with E-state index in [1.807, 2.05) is 0 Å². The zero-order chi connectivity index (χ0) is 21.3. The molecule has 2 heterocycles. The first-order valence-corrected chi connectivity index (χ1v) is 11.8. The molecule has 0 atom stereocenters. The Hall–Kier alpha value is -1.96. The Bertz CT molecular complexity index is 798.